The lowest BCUT2D eigenvalue weighted by molar-refractivity contribution is 0.530. The Bertz CT molecular complexity index is 812. The molecule has 0 aliphatic carbocycles. The smallest absolute Gasteiger partial charge is 0.120 e. The van der Waals surface area contributed by atoms with E-state index < -0.39 is 0 Å². The van der Waals surface area contributed by atoms with Gasteiger partial charge in [0.25, 0.3) is 0 Å². The van der Waals surface area contributed by atoms with Crippen LogP contribution in [0.3, 0.4) is 0 Å². The molecule has 0 spiro atoms. The summed E-state index contributed by atoms with van der Waals surface area (Å²) in [4.78, 5) is 6.00. The molecule has 120 valence electrons. The highest BCUT2D eigenvalue weighted by Crippen LogP contribution is 2.30. The van der Waals surface area contributed by atoms with Gasteiger partial charge in [-0.1, -0.05) is 30.1 Å². The second kappa shape index (κ2) is 7.16. The molecule has 0 amide bonds. The van der Waals surface area contributed by atoms with Crippen molar-refractivity contribution in [1.29, 1.82) is 0 Å². The molecule has 23 heavy (non-hydrogen) atoms. The number of imidazole rings is 1. The minimum Gasteiger partial charge on any atom is -0.324 e. The van der Waals surface area contributed by atoms with Gasteiger partial charge in [0, 0.05) is 21.0 Å². The largest absolute Gasteiger partial charge is 0.324 e. The molecule has 2 nitrogen and oxygen atoms in total. The van der Waals surface area contributed by atoms with Crippen molar-refractivity contribution in [2.75, 3.05) is 0 Å². The number of hydrogen-bond donors (Lipinski definition) is 0. The summed E-state index contributed by atoms with van der Waals surface area (Å²) in [7, 11) is 0. The van der Waals surface area contributed by atoms with Gasteiger partial charge in [0.15, 0.2) is 0 Å². The maximum atomic E-state index is 6.18. The third-order valence-corrected chi connectivity index (χ3v) is 5.43. The lowest BCUT2D eigenvalue weighted by Gasteiger charge is -2.16. The van der Waals surface area contributed by atoms with Gasteiger partial charge in [0.1, 0.15) is 5.82 Å². The first-order valence-electron chi connectivity index (χ1n) is 7.63. The van der Waals surface area contributed by atoms with Crippen LogP contribution in [0.5, 0.6) is 0 Å². The van der Waals surface area contributed by atoms with Gasteiger partial charge in [-0.05, 0) is 55.8 Å². The monoisotopic (exact) mass is 364 g/mol. The van der Waals surface area contributed by atoms with Gasteiger partial charge in [-0.25, -0.2) is 4.98 Å². The van der Waals surface area contributed by atoms with Crippen LogP contribution in [0.2, 0.25) is 10.0 Å². The zero-order valence-corrected chi connectivity index (χ0v) is 15.4. The Morgan fingerprint density at radius 3 is 2.48 bits per heavy atom. The van der Waals surface area contributed by atoms with Crippen LogP contribution in [0.4, 0.5) is 0 Å². The molecule has 0 fully saturated rings. The fraction of sp³-hybridized carbons (Fsp3) is 0.278. The maximum Gasteiger partial charge on any atom is 0.120 e. The molecule has 0 radical (unpaired) electrons. The van der Waals surface area contributed by atoms with Crippen LogP contribution in [-0.2, 0) is 5.75 Å². The van der Waals surface area contributed by atoms with Crippen LogP contribution in [0.1, 0.15) is 32.1 Å². The molecular weight excluding hydrogens is 347 g/mol. The van der Waals surface area contributed by atoms with Crippen molar-refractivity contribution >= 4 is 46.0 Å². The fourth-order valence-electron chi connectivity index (χ4n) is 2.57. The Morgan fingerprint density at radius 2 is 1.78 bits per heavy atom. The van der Waals surface area contributed by atoms with Gasteiger partial charge in [-0.2, -0.15) is 0 Å². The van der Waals surface area contributed by atoms with E-state index in [0.717, 1.165) is 39.1 Å². The Hall–Kier alpha value is -1.16. The highest BCUT2D eigenvalue weighted by Gasteiger charge is 2.15. The molecule has 0 saturated carbocycles. The highest BCUT2D eigenvalue weighted by atomic mass is 35.5. The van der Waals surface area contributed by atoms with Crippen molar-refractivity contribution in [3.05, 3.63) is 58.3 Å². The molecule has 2 aromatic carbocycles. The van der Waals surface area contributed by atoms with E-state index in [2.05, 4.69) is 18.4 Å². The number of fused-ring (bicyclic) bond motifs is 1. The molecular formula is C18H18Cl2N2S. The molecule has 1 aromatic heterocycles. The Morgan fingerprint density at radius 1 is 1.09 bits per heavy atom. The third kappa shape index (κ3) is 3.68. The lowest BCUT2D eigenvalue weighted by atomic mass is 10.2. The molecule has 0 bridgehead atoms. The highest BCUT2D eigenvalue weighted by molar-refractivity contribution is 7.98. The Kier molecular flexibility index (Phi) is 5.20. The van der Waals surface area contributed by atoms with E-state index in [9.17, 15) is 0 Å². The second-order valence-electron chi connectivity index (χ2n) is 5.53. The number of aromatic nitrogens is 2. The summed E-state index contributed by atoms with van der Waals surface area (Å²) in [5.41, 5.74) is 2.11. The van der Waals surface area contributed by atoms with Crippen molar-refractivity contribution in [2.45, 2.75) is 37.0 Å². The van der Waals surface area contributed by atoms with Crippen molar-refractivity contribution < 1.29 is 0 Å². The first-order valence-corrected chi connectivity index (χ1v) is 9.37. The van der Waals surface area contributed by atoms with E-state index in [1.807, 2.05) is 42.5 Å². The third-order valence-electron chi connectivity index (χ3n) is 3.94. The molecule has 0 N–H and O–H groups in total. The zero-order valence-electron chi connectivity index (χ0n) is 13.1. The van der Waals surface area contributed by atoms with Gasteiger partial charge < -0.3 is 4.57 Å². The average Bonchev–Trinajstić information content (AvgIpc) is 2.91. The van der Waals surface area contributed by atoms with Crippen LogP contribution >= 0.6 is 35.0 Å². The van der Waals surface area contributed by atoms with Gasteiger partial charge >= 0.3 is 0 Å². The molecule has 1 heterocycles. The normalized spacial score (nSPS) is 12.7. The molecule has 5 heteroatoms. The summed E-state index contributed by atoms with van der Waals surface area (Å²) in [6.45, 7) is 4.41. The Balaban J connectivity index is 1.94. The molecule has 0 aliphatic rings. The molecule has 3 aromatic rings. The number of benzene rings is 2. The topological polar surface area (TPSA) is 17.8 Å². The molecule has 1 atom stereocenters. The first-order chi connectivity index (χ1) is 11.1. The van der Waals surface area contributed by atoms with Crippen LogP contribution < -0.4 is 0 Å². The quantitative estimate of drug-likeness (QED) is 0.474. The van der Waals surface area contributed by atoms with E-state index in [4.69, 9.17) is 28.2 Å². The van der Waals surface area contributed by atoms with E-state index in [1.165, 1.54) is 4.90 Å². The van der Waals surface area contributed by atoms with Crippen LogP contribution in [0.25, 0.3) is 11.0 Å². The number of halogens is 2. The second-order valence-corrected chi connectivity index (χ2v) is 7.45. The van der Waals surface area contributed by atoms with Gasteiger partial charge in [0.05, 0.1) is 16.8 Å². The van der Waals surface area contributed by atoms with Gasteiger partial charge in [0.2, 0.25) is 0 Å². The number of nitrogens with zero attached hydrogens (tertiary/aromatic N) is 2. The first kappa shape index (κ1) is 16.7. The number of thioether (sulfide) groups is 1. The predicted molar refractivity (Wildman–Crippen MR) is 101 cm³/mol. The summed E-state index contributed by atoms with van der Waals surface area (Å²) in [6, 6.07) is 14.2. The van der Waals surface area contributed by atoms with Crippen molar-refractivity contribution in [3.63, 3.8) is 0 Å². The SMILES string of the molecule is CCC(C)n1c(CSc2ccc(Cl)cc2)nc2ccc(Cl)cc21. The van der Waals surface area contributed by atoms with Crippen molar-refractivity contribution in [3.8, 4) is 0 Å². The van der Waals surface area contributed by atoms with Crippen LogP contribution in [0, 0.1) is 0 Å². The average molecular weight is 365 g/mol. The van der Waals surface area contributed by atoms with Gasteiger partial charge in [-0.3, -0.25) is 0 Å². The number of hydrogen-bond acceptors (Lipinski definition) is 2. The summed E-state index contributed by atoms with van der Waals surface area (Å²) >= 11 is 13.9. The molecule has 0 aliphatic heterocycles. The summed E-state index contributed by atoms with van der Waals surface area (Å²) in [5, 5.41) is 1.51. The molecule has 1 unspecified atom stereocenters. The fourth-order valence-corrected chi connectivity index (χ4v) is 3.69. The minimum atomic E-state index is 0.388. The zero-order chi connectivity index (χ0) is 16.4. The summed E-state index contributed by atoms with van der Waals surface area (Å²) in [5.74, 6) is 1.90. The molecule has 0 saturated heterocycles. The Labute approximate surface area is 150 Å². The van der Waals surface area contributed by atoms with E-state index in [-0.39, 0.29) is 0 Å². The minimum absolute atomic E-state index is 0.388. The van der Waals surface area contributed by atoms with Gasteiger partial charge in [-0.15, -0.1) is 11.8 Å². The maximum absolute atomic E-state index is 6.18. The number of rotatable bonds is 5. The van der Waals surface area contributed by atoms with Crippen molar-refractivity contribution in [1.82, 2.24) is 9.55 Å². The van der Waals surface area contributed by atoms with Crippen molar-refractivity contribution in [2.24, 2.45) is 0 Å². The standard InChI is InChI=1S/C18H18Cl2N2S/c1-3-12(2)22-17-10-14(20)6-9-16(17)21-18(22)11-23-15-7-4-13(19)5-8-15/h4-10,12H,3,11H2,1-2H3. The van der Waals surface area contributed by atoms with E-state index in [1.54, 1.807) is 11.8 Å². The van der Waals surface area contributed by atoms with Crippen LogP contribution in [-0.4, -0.2) is 9.55 Å². The summed E-state index contributed by atoms with van der Waals surface area (Å²) < 4.78 is 2.31. The molecule has 3 rings (SSSR count). The summed E-state index contributed by atoms with van der Waals surface area (Å²) in [6.07, 6.45) is 1.05. The van der Waals surface area contributed by atoms with Crippen LogP contribution in [0.15, 0.2) is 47.4 Å². The predicted octanol–water partition coefficient (Wildman–Crippen LogP) is 6.61. The van der Waals surface area contributed by atoms with E-state index >= 15 is 0 Å². The lowest BCUT2D eigenvalue weighted by Crippen LogP contribution is -2.07. The van der Waals surface area contributed by atoms with E-state index in [0.29, 0.717) is 6.04 Å².